The van der Waals surface area contributed by atoms with E-state index in [0.717, 1.165) is 27.8 Å². The SMILES string of the molecule is COc1ccc(-c2nonc2NC(=O)c2oc3cc(C)c(Cl)cc3c2C)c(C)c1. The maximum Gasteiger partial charge on any atom is 0.292 e. The van der Waals surface area contributed by atoms with E-state index >= 15 is 0 Å². The molecular formula is C21H18ClN3O4. The third kappa shape index (κ3) is 3.34. The van der Waals surface area contributed by atoms with Gasteiger partial charge in [-0.2, -0.15) is 0 Å². The van der Waals surface area contributed by atoms with Gasteiger partial charge >= 0.3 is 0 Å². The Morgan fingerprint density at radius 1 is 1.10 bits per heavy atom. The van der Waals surface area contributed by atoms with E-state index in [0.29, 0.717) is 21.9 Å². The first kappa shape index (κ1) is 19.0. The van der Waals surface area contributed by atoms with Crippen molar-refractivity contribution in [3.8, 4) is 17.0 Å². The second-order valence-electron chi connectivity index (χ2n) is 6.75. The van der Waals surface area contributed by atoms with Crippen LogP contribution in [0.5, 0.6) is 5.75 Å². The fourth-order valence-electron chi connectivity index (χ4n) is 3.20. The minimum atomic E-state index is -0.449. The first-order valence-electron chi connectivity index (χ1n) is 8.87. The van der Waals surface area contributed by atoms with Crippen LogP contribution in [-0.2, 0) is 0 Å². The number of carbonyl (C=O) groups is 1. The highest BCUT2D eigenvalue weighted by atomic mass is 35.5. The lowest BCUT2D eigenvalue weighted by atomic mass is 10.1. The molecule has 0 aliphatic carbocycles. The predicted octanol–water partition coefficient (Wildman–Crippen LogP) is 5.32. The van der Waals surface area contributed by atoms with Crippen molar-refractivity contribution in [1.82, 2.24) is 10.3 Å². The maximum absolute atomic E-state index is 12.9. The Hall–Kier alpha value is -3.32. The smallest absolute Gasteiger partial charge is 0.292 e. The van der Waals surface area contributed by atoms with Crippen LogP contribution in [0.15, 0.2) is 39.4 Å². The molecule has 7 nitrogen and oxygen atoms in total. The number of aryl methyl sites for hydroxylation is 3. The number of benzene rings is 2. The molecule has 148 valence electrons. The third-order valence-electron chi connectivity index (χ3n) is 4.83. The van der Waals surface area contributed by atoms with Crippen molar-refractivity contribution in [2.75, 3.05) is 12.4 Å². The third-order valence-corrected chi connectivity index (χ3v) is 5.24. The first-order valence-corrected chi connectivity index (χ1v) is 9.25. The summed E-state index contributed by atoms with van der Waals surface area (Å²) < 4.78 is 15.9. The predicted molar refractivity (Wildman–Crippen MR) is 110 cm³/mol. The molecule has 0 unspecified atom stereocenters. The normalized spacial score (nSPS) is 11.1. The zero-order chi connectivity index (χ0) is 20.7. The highest BCUT2D eigenvalue weighted by Crippen LogP contribution is 2.32. The number of fused-ring (bicyclic) bond motifs is 1. The average molecular weight is 412 g/mol. The Bertz CT molecular complexity index is 1240. The Labute approximate surface area is 171 Å². The van der Waals surface area contributed by atoms with Gasteiger partial charge in [-0.1, -0.05) is 11.6 Å². The molecule has 0 aliphatic rings. The van der Waals surface area contributed by atoms with Gasteiger partial charge in [-0.15, -0.1) is 0 Å². The molecule has 0 bridgehead atoms. The summed E-state index contributed by atoms with van der Waals surface area (Å²) in [5.74, 6) is 0.662. The van der Waals surface area contributed by atoms with Crippen molar-refractivity contribution in [2.24, 2.45) is 0 Å². The molecule has 0 atom stereocenters. The summed E-state index contributed by atoms with van der Waals surface area (Å²) in [4.78, 5) is 12.9. The van der Waals surface area contributed by atoms with E-state index < -0.39 is 5.91 Å². The molecule has 0 radical (unpaired) electrons. The van der Waals surface area contributed by atoms with Crippen LogP contribution in [0.2, 0.25) is 5.02 Å². The number of amides is 1. The van der Waals surface area contributed by atoms with Gasteiger partial charge in [0, 0.05) is 21.5 Å². The van der Waals surface area contributed by atoms with Crippen LogP contribution in [0, 0.1) is 20.8 Å². The molecule has 8 heteroatoms. The number of nitrogens with one attached hydrogen (secondary N) is 1. The molecule has 4 rings (SSSR count). The lowest BCUT2D eigenvalue weighted by Gasteiger charge is -2.07. The van der Waals surface area contributed by atoms with Crippen LogP contribution < -0.4 is 10.1 Å². The van der Waals surface area contributed by atoms with Gasteiger partial charge in [0.15, 0.2) is 11.5 Å². The quantitative estimate of drug-likeness (QED) is 0.488. The Kier molecular flexibility index (Phi) is 4.76. The van der Waals surface area contributed by atoms with Crippen LogP contribution in [-0.4, -0.2) is 23.3 Å². The molecule has 0 saturated carbocycles. The van der Waals surface area contributed by atoms with Crippen LogP contribution in [0.3, 0.4) is 0 Å². The standard InChI is InChI=1S/C21H18ClN3O4/c1-10-7-13(27-4)5-6-14(10)18-20(25-29-24-18)23-21(26)19-12(3)15-9-16(22)11(2)8-17(15)28-19/h5-9H,1-4H3,(H,23,25,26). The minimum absolute atomic E-state index is 0.182. The molecule has 0 saturated heterocycles. The highest BCUT2D eigenvalue weighted by molar-refractivity contribution is 6.32. The topological polar surface area (TPSA) is 90.4 Å². The molecular weight excluding hydrogens is 394 g/mol. The van der Waals surface area contributed by atoms with Gasteiger partial charge in [0.1, 0.15) is 11.3 Å². The lowest BCUT2D eigenvalue weighted by molar-refractivity contribution is 0.0997. The number of ether oxygens (including phenoxy) is 1. The van der Waals surface area contributed by atoms with Gasteiger partial charge in [0.25, 0.3) is 5.91 Å². The van der Waals surface area contributed by atoms with Crippen LogP contribution in [0.25, 0.3) is 22.2 Å². The molecule has 4 aromatic rings. The Morgan fingerprint density at radius 2 is 1.90 bits per heavy atom. The summed E-state index contributed by atoms with van der Waals surface area (Å²) in [5, 5.41) is 11.9. The molecule has 1 N–H and O–H groups in total. The largest absolute Gasteiger partial charge is 0.497 e. The number of carbonyl (C=O) groups excluding carboxylic acids is 1. The second kappa shape index (κ2) is 7.25. The fourth-order valence-corrected chi connectivity index (χ4v) is 3.36. The van der Waals surface area contributed by atoms with E-state index in [4.69, 9.17) is 25.4 Å². The van der Waals surface area contributed by atoms with E-state index in [9.17, 15) is 4.79 Å². The van der Waals surface area contributed by atoms with E-state index in [1.165, 1.54) is 0 Å². The molecule has 0 fully saturated rings. The van der Waals surface area contributed by atoms with Gasteiger partial charge in [0.05, 0.1) is 7.11 Å². The maximum atomic E-state index is 12.9. The number of nitrogens with zero attached hydrogens (tertiary/aromatic N) is 2. The average Bonchev–Trinajstić information content (AvgIpc) is 3.27. The number of methoxy groups -OCH3 is 1. The first-order chi connectivity index (χ1) is 13.9. The fraction of sp³-hybridized carbons (Fsp3) is 0.190. The number of furan rings is 1. The highest BCUT2D eigenvalue weighted by Gasteiger charge is 2.23. The minimum Gasteiger partial charge on any atom is -0.497 e. The van der Waals surface area contributed by atoms with Crippen LogP contribution >= 0.6 is 11.6 Å². The van der Waals surface area contributed by atoms with Crippen molar-refractivity contribution in [3.05, 3.63) is 57.8 Å². The number of halogens is 1. The summed E-state index contributed by atoms with van der Waals surface area (Å²) in [7, 11) is 1.60. The molecule has 2 aromatic heterocycles. The Morgan fingerprint density at radius 3 is 2.62 bits per heavy atom. The summed E-state index contributed by atoms with van der Waals surface area (Å²) >= 11 is 6.21. The number of anilines is 1. The summed E-state index contributed by atoms with van der Waals surface area (Å²) in [6.45, 7) is 5.60. The molecule has 0 aliphatic heterocycles. The molecule has 29 heavy (non-hydrogen) atoms. The van der Waals surface area contributed by atoms with Crippen LogP contribution in [0.1, 0.15) is 27.2 Å². The molecule has 1 amide bonds. The van der Waals surface area contributed by atoms with Gasteiger partial charge in [0.2, 0.25) is 5.82 Å². The van der Waals surface area contributed by atoms with E-state index in [1.54, 1.807) is 19.2 Å². The number of aromatic nitrogens is 2. The van der Waals surface area contributed by atoms with Crippen molar-refractivity contribution in [2.45, 2.75) is 20.8 Å². The van der Waals surface area contributed by atoms with E-state index in [-0.39, 0.29) is 11.6 Å². The van der Waals surface area contributed by atoms with Gasteiger partial charge in [-0.25, -0.2) is 4.63 Å². The van der Waals surface area contributed by atoms with Gasteiger partial charge < -0.3 is 9.15 Å². The zero-order valence-corrected chi connectivity index (χ0v) is 17.0. The second-order valence-corrected chi connectivity index (χ2v) is 7.16. The lowest BCUT2D eigenvalue weighted by Crippen LogP contribution is -2.13. The van der Waals surface area contributed by atoms with Crippen molar-refractivity contribution < 1.29 is 18.6 Å². The van der Waals surface area contributed by atoms with Crippen molar-refractivity contribution in [3.63, 3.8) is 0 Å². The number of hydrogen-bond donors (Lipinski definition) is 1. The summed E-state index contributed by atoms with van der Waals surface area (Å²) in [5.41, 5.74) is 4.26. The summed E-state index contributed by atoms with van der Waals surface area (Å²) in [6.07, 6.45) is 0. The Balaban J connectivity index is 1.68. The number of rotatable bonds is 4. The summed E-state index contributed by atoms with van der Waals surface area (Å²) in [6, 6.07) is 9.11. The molecule has 0 spiro atoms. The van der Waals surface area contributed by atoms with Crippen molar-refractivity contribution >= 4 is 34.3 Å². The molecule has 2 heterocycles. The van der Waals surface area contributed by atoms with Crippen molar-refractivity contribution in [1.29, 1.82) is 0 Å². The van der Waals surface area contributed by atoms with E-state index in [2.05, 4.69) is 15.6 Å². The van der Waals surface area contributed by atoms with E-state index in [1.807, 2.05) is 39.0 Å². The molecule has 2 aromatic carbocycles. The number of hydrogen-bond acceptors (Lipinski definition) is 6. The zero-order valence-electron chi connectivity index (χ0n) is 16.3. The van der Waals surface area contributed by atoms with Gasteiger partial charge in [-0.05, 0) is 72.5 Å². The van der Waals surface area contributed by atoms with Gasteiger partial charge in [-0.3, -0.25) is 10.1 Å². The monoisotopic (exact) mass is 411 g/mol. The van der Waals surface area contributed by atoms with Crippen LogP contribution in [0.4, 0.5) is 5.82 Å².